The van der Waals surface area contributed by atoms with Gasteiger partial charge in [0.1, 0.15) is 18.2 Å². The lowest BCUT2D eigenvalue weighted by molar-refractivity contribution is 0.305. The molecule has 1 aliphatic rings. The smallest absolute Gasteiger partial charge is 0.282 e. The van der Waals surface area contributed by atoms with Gasteiger partial charge in [0, 0.05) is 24.9 Å². The molecule has 36 heavy (non-hydrogen) atoms. The Morgan fingerprint density at radius 1 is 0.917 bits per heavy atom. The summed E-state index contributed by atoms with van der Waals surface area (Å²) in [5.41, 5.74) is 2.38. The molecule has 1 heterocycles. The third kappa shape index (κ3) is 5.82. The maximum atomic E-state index is 13.6. The van der Waals surface area contributed by atoms with E-state index in [-0.39, 0.29) is 11.5 Å². The van der Waals surface area contributed by atoms with Crippen LogP contribution < -0.4 is 10.3 Å². The second-order valence-electron chi connectivity index (χ2n) is 8.93. The summed E-state index contributed by atoms with van der Waals surface area (Å²) in [6, 6.07) is 19.4. The van der Waals surface area contributed by atoms with Crippen molar-refractivity contribution >= 4 is 64.9 Å². The van der Waals surface area contributed by atoms with Gasteiger partial charge in [-0.3, -0.25) is 4.79 Å². The molecule has 0 spiro atoms. The molecule has 0 bridgehead atoms. The highest BCUT2D eigenvalue weighted by Gasteiger charge is 2.22. The fourth-order valence-corrected chi connectivity index (χ4v) is 5.52. The van der Waals surface area contributed by atoms with Crippen LogP contribution in [-0.2, 0) is 6.61 Å². The topological polar surface area (TPSA) is 56.5 Å². The minimum Gasteiger partial charge on any atom is -0.488 e. The third-order valence-electron chi connectivity index (χ3n) is 6.40. The van der Waals surface area contributed by atoms with Crippen molar-refractivity contribution in [3.63, 3.8) is 0 Å². The second kappa shape index (κ2) is 11.4. The number of hydrogen-bond donors (Lipinski definition) is 0. The predicted octanol–water partition coefficient (Wildman–Crippen LogP) is 8.19. The Hall–Kier alpha value is -2.29. The fourth-order valence-electron chi connectivity index (χ4n) is 4.52. The van der Waals surface area contributed by atoms with Gasteiger partial charge in [0.15, 0.2) is 0 Å². The SMILES string of the molecule is O=c1c2cc(Br)ccc2nc(C2CCCCC2)n1N=Cc1cc(Br)ccc1OCc1ccc(Br)cc1. The number of ether oxygens (including phenoxy) is 1. The summed E-state index contributed by atoms with van der Waals surface area (Å²) in [6.07, 6.45) is 7.23. The molecular weight excluding hydrogens is 650 g/mol. The van der Waals surface area contributed by atoms with E-state index in [1.165, 1.54) is 11.1 Å². The molecular formula is C28H24Br3N3O2. The van der Waals surface area contributed by atoms with Crippen LogP contribution in [0.3, 0.4) is 0 Å². The second-order valence-corrected chi connectivity index (χ2v) is 11.7. The third-order valence-corrected chi connectivity index (χ3v) is 7.91. The van der Waals surface area contributed by atoms with Gasteiger partial charge in [-0.15, -0.1) is 0 Å². The van der Waals surface area contributed by atoms with Crippen LogP contribution in [0.25, 0.3) is 10.9 Å². The predicted molar refractivity (Wildman–Crippen MR) is 155 cm³/mol. The summed E-state index contributed by atoms with van der Waals surface area (Å²) in [5.74, 6) is 1.64. The highest BCUT2D eigenvalue weighted by atomic mass is 79.9. The van der Waals surface area contributed by atoms with E-state index in [9.17, 15) is 4.79 Å². The van der Waals surface area contributed by atoms with Gasteiger partial charge < -0.3 is 4.74 Å². The van der Waals surface area contributed by atoms with Crippen molar-refractivity contribution in [1.82, 2.24) is 9.66 Å². The molecule has 4 aromatic rings. The van der Waals surface area contributed by atoms with Crippen molar-refractivity contribution in [2.45, 2.75) is 44.6 Å². The number of nitrogens with zero attached hydrogens (tertiary/aromatic N) is 3. The summed E-state index contributed by atoms with van der Waals surface area (Å²) >= 11 is 10.5. The van der Waals surface area contributed by atoms with Crippen molar-refractivity contribution in [3.8, 4) is 5.75 Å². The Kier molecular flexibility index (Phi) is 8.03. The van der Waals surface area contributed by atoms with Crippen LogP contribution in [0.1, 0.15) is 55.0 Å². The first-order chi connectivity index (χ1) is 17.5. The monoisotopic (exact) mass is 671 g/mol. The quantitative estimate of drug-likeness (QED) is 0.194. The molecule has 0 aliphatic heterocycles. The van der Waals surface area contributed by atoms with Crippen LogP contribution in [-0.4, -0.2) is 15.9 Å². The molecule has 1 aliphatic carbocycles. The lowest BCUT2D eigenvalue weighted by Crippen LogP contribution is -2.25. The summed E-state index contributed by atoms with van der Waals surface area (Å²) in [5, 5.41) is 5.24. The van der Waals surface area contributed by atoms with Crippen molar-refractivity contribution in [3.05, 3.63) is 101 Å². The van der Waals surface area contributed by atoms with Gasteiger partial charge in [0.25, 0.3) is 5.56 Å². The van der Waals surface area contributed by atoms with Gasteiger partial charge in [-0.25, -0.2) is 4.98 Å². The van der Waals surface area contributed by atoms with Crippen LogP contribution >= 0.6 is 47.8 Å². The Labute approximate surface area is 235 Å². The number of rotatable bonds is 6. The molecule has 3 aromatic carbocycles. The molecule has 1 fully saturated rings. The summed E-state index contributed by atoms with van der Waals surface area (Å²) in [6.45, 7) is 0.425. The van der Waals surface area contributed by atoms with Gasteiger partial charge in [-0.05, 0) is 66.9 Å². The van der Waals surface area contributed by atoms with Gasteiger partial charge in [0.05, 0.1) is 17.1 Å². The maximum Gasteiger partial charge on any atom is 0.282 e. The van der Waals surface area contributed by atoms with E-state index in [4.69, 9.17) is 14.8 Å². The molecule has 0 N–H and O–H groups in total. The van der Waals surface area contributed by atoms with Crippen LogP contribution in [0, 0.1) is 0 Å². The summed E-state index contributed by atoms with van der Waals surface area (Å²) in [7, 11) is 0. The number of fused-ring (bicyclic) bond motifs is 1. The largest absolute Gasteiger partial charge is 0.488 e. The van der Waals surface area contributed by atoms with Gasteiger partial charge in [-0.2, -0.15) is 9.78 Å². The van der Waals surface area contributed by atoms with Crippen molar-refractivity contribution in [2.75, 3.05) is 0 Å². The molecule has 0 unspecified atom stereocenters. The Balaban J connectivity index is 1.53. The van der Waals surface area contributed by atoms with E-state index in [1.54, 1.807) is 6.21 Å². The molecule has 0 saturated heterocycles. The number of aromatic nitrogens is 2. The Morgan fingerprint density at radius 3 is 2.39 bits per heavy atom. The standard InChI is InChI=1S/C28H24Br3N3O2/c29-21-8-6-18(7-9-21)17-36-26-13-11-22(30)14-20(26)16-32-34-27(19-4-2-1-3-5-19)33-25-12-10-23(31)15-24(25)28(34)35/h6-16,19H,1-5,17H2. The molecule has 8 heteroatoms. The molecule has 0 radical (unpaired) electrons. The summed E-state index contributed by atoms with van der Waals surface area (Å²) < 4.78 is 10.4. The first-order valence-electron chi connectivity index (χ1n) is 11.9. The van der Waals surface area contributed by atoms with Crippen LogP contribution in [0.5, 0.6) is 5.75 Å². The molecule has 1 saturated carbocycles. The van der Waals surface area contributed by atoms with Crippen molar-refractivity contribution in [1.29, 1.82) is 0 Å². The normalized spacial score (nSPS) is 14.5. The Morgan fingerprint density at radius 2 is 1.61 bits per heavy atom. The van der Waals surface area contributed by atoms with E-state index in [0.29, 0.717) is 23.3 Å². The highest BCUT2D eigenvalue weighted by Crippen LogP contribution is 2.32. The molecule has 5 rings (SSSR count). The van der Waals surface area contributed by atoms with Crippen molar-refractivity contribution < 1.29 is 4.74 Å². The minimum atomic E-state index is -0.162. The van der Waals surface area contributed by atoms with E-state index >= 15 is 0 Å². The van der Waals surface area contributed by atoms with Gasteiger partial charge in [-0.1, -0.05) is 79.2 Å². The zero-order chi connectivity index (χ0) is 25.1. The summed E-state index contributed by atoms with van der Waals surface area (Å²) in [4.78, 5) is 18.5. The Bertz CT molecular complexity index is 1480. The first-order valence-corrected chi connectivity index (χ1v) is 14.3. The van der Waals surface area contributed by atoms with Crippen LogP contribution in [0.15, 0.2) is 84.0 Å². The molecule has 0 amide bonds. The zero-order valence-electron chi connectivity index (χ0n) is 19.5. The lowest BCUT2D eigenvalue weighted by Gasteiger charge is -2.22. The molecule has 184 valence electrons. The van der Waals surface area contributed by atoms with E-state index < -0.39 is 0 Å². The highest BCUT2D eigenvalue weighted by molar-refractivity contribution is 9.11. The van der Waals surface area contributed by atoms with E-state index in [0.717, 1.165) is 56.1 Å². The molecule has 1 aromatic heterocycles. The fraction of sp³-hybridized carbons (Fsp3) is 0.250. The zero-order valence-corrected chi connectivity index (χ0v) is 24.2. The number of hydrogen-bond acceptors (Lipinski definition) is 4. The number of halogens is 3. The lowest BCUT2D eigenvalue weighted by atomic mass is 9.88. The minimum absolute atomic E-state index is 0.162. The first kappa shape index (κ1) is 25.4. The van der Waals surface area contributed by atoms with Crippen LogP contribution in [0.2, 0.25) is 0 Å². The molecule has 5 nitrogen and oxygen atoms in total. The van der Waals surface area contributed by atoms with Gasteiger partial charge in [0.2, 0.25) is 0 Å². The van der Waals surface area contributed by atoms with E-state index in [1.807, 2.05) is 60.7 Å². The maximum absolute atomic E-state index is 13.6. The number of benzene rings is 3. The average Bonchev–Trinajstić information content (AvgIpc) is 2.89. The van der Waals surface area contributed by atoms with E-state index in [2.05, 4.69) is 47.8 Å². The van der Waals surface area contributed by atoms with Crippen molar-refractivity contribution in [2.24, 2.45) is 5.10 Å². The molecule has 0 atom stereocenters. The van der Waals surface area contributed by atoms with Crippen LogP contribution in [0.4, 0.5) is 0 Å². The average molecular weight is 674 g/mol. The van der Waals surface area contributed by atoms with Gasteiger partial charge >= 0.3 is 0 Å².